The van der Waals surface area contributed by atoms with Crippen LogP contribution in [0.2, 0.25) is 0 Å². The molecular formula is C16H27N3O2S. The van der Waals surface area contributed by atoms with Gasteiger partial charge in [0.05, 0.1) is 19.2 Å². The Morgan fingerprint density at radius 3 is 2.64 bits per heavy atom. The molecule has 5 nitrogen and oxygen atoms in total. The summed E-state index contributed by atoms with van der Waals surface area (Å²) in [4.78, 5) is 20.2. The van der Waals surface area contributed by atoms with Gasteiger partial charge in [-0.2, -0.15) is 0 Å². The zero-order chi connectivity index (χ0) is 15.9. The van der Waals surface area contributed by atoms with Crippen molar-refractivity contribution in [3.05, 3.63) is 22.4 Å². The van der Waals surface area contributed by atoms with Crippen LogP contribution in [-0.4, -0.2) is 80.6 Å². The first-order chi connectivity index (χ1) is 10.6. The van der Waals surface area contributed by atoms with Crippen molar-refractivity contribution in [1.29, 1.82) is 0 Å². The van der Waals surface area contributed by atoms with Crippen molar-refractivity contribution in [2.75, 3.05) is 60.0 Å². The van der Waals surface area contributed by atoms with Crippen molar-refractivity contribution in [2.24, 2.45) is 0 Å². The Kier molecular flexibility index (Phi) is 6.82. The second-order valence-corrected chi connectivity index (χ2v) is 6.79. The number of amides is 1. The van der Waals surface area contributed by atoms with Crippen molar-refractivity contribution in [2.45, 2.75) is 13.0 Å². The van der Waals surface area contributed by atoms with E-state index in [1.54, 1.807) is 18.4 Å². The Balaban J connectivity index is 1.75. The zero-order valence-corrected chi connectivity index (χ0v) is 14.6. The number of carbonyl (C=O) groups excluding carboxylic acids is 1. The van der Waals surface area contributed by atoms with Gasteiger partial charge in [0.1, 0.15) is 0 Å². The molecule has 0 saturated carbocycles. The van der Waals surface area contributed by atoms with E-state index in [9.17, 15) is 4.79 Å². The van der Waals surface area contributed by atoms with E-state index in [1.807, 2.05) is 18.0 Å². The van der Waals surface area contributed by atoms with Gasteiger partial charge in [-0.1, -0.05) is 6.07 Å². The number of hydrogen-bond donors (Lipinski definition) is 0. The number of hydrogen-bond acceptors (Lipinski definition) is 5. The molecule has 1 saturated heterocycles. The maximum absolute atomic E-state index is 12.5. The SMILES string of the molecule is COCCN1CCN(CC(=O)N(C)C(C)c2cccs2)CC1. The molecule has 6 heteroatoms. The number of ether oxygens (including phenoxy) is 1. The van der Waals surface area contributed by atoms with Gasteiger partial charge >= 0.3 is 0 Å². The molecule has 1 unspecified atom stereocenters. The number of nitrogens with zero attached hydrogens (tertiary/aromatic N) is 3. The lowest BCUT2D eigenvalue weighted by atomic mass is 10.2. The van der Waals surface area contributed by atoms with E-state index in [-0.39, 0.29) is 11.9 Å². The number of carbonyl (C=O) groups is 1. The van der Waals surface area contributed by atoms with Gasteiger partial charge in [-0.05, 0) is 18.4 Å². The summed E-state index contributed by atoms with van der Waals surface area (Å²) in [7, 11) is 3.64. The summed E-state index contributed by atoms with van der Waals surface area (Å²) in [6, 6.07) is 4.28. The smallest absolute Gasteiger partial charge is 0.237 e. The highest BCUT2D eigenvalue weighted by Crippen LogP contribution is 2.23. The molecule has 22 heavy (non-hydrogen) atoms. The highest BCUT2D eigenvalue weighted by Gasteiger charge is 2.23. The van der Waals surface area contributed by atoms with Gasteiger partial charge in [0.15, 0.2) is 0 Å². The molecule has 2 heterocycles. The fourth-order valence-corrected chi connectivity index (χ4v) is 3.46. The fourth-order valence-electron chi connectivity index (χ4n) is 2.63. The second-order valence-electron chi connectivity index (χ2n) is 5.81. The molecule has 124 valence electrons. The maximum Gasteiger partial charge on any atom is 0.237 e. The Morgan fingerprint density at radius 1 is 1.36 bits per heavy atom. The third-order valence-corrected chi connectivity index (χ3v) is 5.41. The average molecular weight is 325 g/mol. The highest BCUT2D eigenvalue weighted by atomic mass is 32.1. The number of rotatable bonds is 7. The Bertz CT molecular complexity index is 444. The lowest BCUT2D eigenvalue weighted by molar-refractivity contribution is -0.133. The molecule has 1 aromatic rings. The van der Waals surface area contributed by atoms with E-state index in [0.29, 0.717) is 6.54 Å². The summed E-state index contributed by atoms with van der Waals surface area (Å²) in [6.45, 7) is 8.30. The van der Waals surface area contributed by atoms with Gasteiger partial charge in [-0.3, -0.25) is 14.6 Å². The first-order valence-corrected chi connectivity index (χ1v) is 8.72. The van der Waals surface area contributed by atoms with Crippen LogP contribution >= 0.6 is 11.3 Å². The molecule has 1 aliphatic rings. The van der Waals surface area contributed by atoms with Crippen molar-refractivity contribution in [3.8, 4) is 0 Å². The van der Waals surface area contributed by atoms with E-state index < -0.39 is 0 Å². The normalized spacial score (nSPS) is 18.3. The number of methoxy groups -OCH3 is 1. The summed E-state index contributed by atoms with van der Waals surface area (Å²) in [6.07, 6.45) is 0. The lowest BCUT2D eigenvalue weighted by Crippen LogP contribution is -2.50. The van der Waals surface area contributed by atoms with E-state index in [0.717, 1.165) is 39.3 Å². The predicted molar refractivity (Wildman–Crippen MR) is 90.3 cm³/mol. The zero-order valence-electron chi connectivity index (χ0n) is 13.8. The summed E-state index contributed by atoms with van der Waals surface area (Å²) in [5.41, 5.74) is 0. The Hall–Kier alpha value is -0.950. The van der Waals surface area contributed by atoms with Gasteiger partial charge in [-0.15, -0.1) is 11.3 Å². The van der Waals surface area contributed by atoms with Crippen molar-refractivity contribution < 1.29 is 9.53 Å². The van der Waals surface area contributed by atoms with Crippen molar-refractivity contribution in [3.63, 3.8) is 0 Å². The lowest BCUT2D eigenvalue weighted by Gasteiger charge is -2.35. The van der Waals surface area contributed by atoms with Crippen LogP contribution in [0, 0.1) is 0 Å². The first kappa shape index (κ1) is 17.4. The molecule has 1 amide bonds. The van der Waals surface area contributed by atoms with Crippen molar-refractivity contribution >= 4 is 17.2 Å². The first-order valence-electron chi connectivity index (χ1n) is 7.84. The molecule has 0 bridgehead atoms. The van der Waals surface area contributed by atoms with Crippen LogP contribution in [0.25, 0.3) is 0 Å². The van der Waals surface area contributed by atoms with E-state index >= 15 is 0 Å². The molecule has 1 atom stereocenters. The molecule has 1 aromatic heterocycles. The van der Waals surface area contributed by atoms with Gasteiger partial charge < -0.3 is 9.64 Å². The van der Waals surface area contributed by atoms with Gasteiger partial charge in [0.2, 0.25) is 5.91 Å². The quantitative estimate of drug-likeness (QED) is 0.762. The van der Waals surface area contributed by atoms with Crippen LogP contribution < -0.4 is 0 Å². The van der Waals surface area contributed by atoms with Gasteiger partial charge in [-0.25, -0.2) is 0 Å². The van der Waals surface area contributed by atoms with E-state index in [1.165, 1.54) is 4.88 Å². The topological polar surface area (TPSA) is 36.0 Å². The molecule has 2 rings (SSSR count). The molecule has 0 N–H and O–H groups in total. The summed E-state index contributed by atoms with van der Waals surface area (Å²) in [5.74, 6) is 0.200. The molecule has 0 aromatic carbocycles. The third-order valence-electron chi connectivity index (χ3n) is 4.36. The van der Waals surface area contributed by atoms with Crippen LogP contribution in [0.5, 0.6) is 0 Å². The molecule has 1 aliphatic heterocycles. The number of piperazine rings is 1. The molecule has 0 aliphatic carbocycles. The van der Waals surface area contributed by atoms with E-state index in [2.05, 4.69) is 28.2 Å². The predicted octanol–water partition coefficient (Wildman–Crippen LogP) is 1.53. The Morgan fingerprint density at radius 2 is 2.05 bits per heavy atom. The van der Waals surface area contributed by atoms with Crippen LogP contribution in [0.15, 0.2) is 17.5 Å². The minimum atomic E-state index is 0.149. The van der Waals surface area contributed by atoms with Gasteiger partial charge in [0, 0.05) is 51.8 Å². The second kappa shape index (κ2) is 8.62. The number of thiophene rings is 1. The largest absolute Gasteiger partial charge is 0.383 e. The third kappa shape index (κ3) is 4.78. The monoisotopic (exact) mass is 325 g/mol. The standard InChI is InChI=1S/C16H27N3O2S/c1-14(15-5-4-12-22-15)17(2)16(20)13-19-8-6-18(7-9-19)10-11-21-3/h4-5,12,14H,6-11,13H2,1-3H3. The van der Waals surface area contributed by atoms with Crippen LogP contribution in [-0.2, 0) is 9.53 Å². The minimum Gasteiger partial charge on any atom is -0.383 e. The minimum absolute atomic E-state index is 0.149. The molecule has 0 radical (unpaired) electrons. The number of likely N-dealkylation sites (N-methyl/N-ethyl adjacent to an activating group) is 1. The molecule has 0 spiro atoms. The summed E-state index contributed by atoms with van der Waals surface area (Å²) < 4.78 is 5.11. The van der Waals surface area contributed by atoms with Crippen LogP contribution in [0.3, 0.4) is 0 Å². The highest BCUT2D eigenvalue weighted by molar-refractivity contribution is 7.10. The van der Waals surface area contributed by atoms with Crippen molar-refractivity contribution in [1.82, 2.24) is 14.7 Å². The van der Waals surface area contributed by atoms with Crippen LogP contribution in [0.4, 0.5) is 0 Å². The average Bonchev–Trinajstić information content (AvgIpc) is 3.07. The Labute approximate surface area is 137 Å². The van der Waals surface area contributed by atoms with Crippen LogP contribution in [0.1, 0.15) is 17.8 Å². The molecule has 1 fully saturated rings. The summed E-state index contributed by atoms with van der Waals surface area (Å²) >= 11 is 1.70. The van der Waals surface area contributed by atoms with E-state index in [4.69, 9.17) is 4.74 Å². The summed E-state index contributed by atoms with van der Waals surface area (Å²) in [5, 5.41) is 2.06. The molecular weight excluding hydrogens is 298 g/mol. The maximum atomic E-state index is 12.5. The van der Waals surface area contributed by atoms with Gasteiger partial charge in [0.25, 0.3) is 0 Å². The fraction of sp³-hybridized carbons (Fsp3) is 0.688.